The molecule has 0 bridgehead atoms. The highest BCUT2D eigenvalue weighted by atomic mass is 16.3. The number of hydrogen-bond acceptors (Lipinski definition) is 3. The average molecular weight is 260 g/mol. The Morgan fingerprint density at radius 1 is 1.42 bits per heavy atom. The largest absolute Gasteiger partial charge is 0.389 e. The van der Waals surface area contributed by atoms with Crippen molar-refractivity contribution in [3.05, 3.63) is 35.4 Å². The maximum Gasteiger partial charge on any atom is 0.0991 e. The molecule has 0 spiro atoms. The lowest BCUT2D eigenvalue weighted by molar-refractivity contribution is 0.0451. The van der Waals surface area contributed by atoms with Gasteiger partial charge in [-0.1, -0.05) is 26.0 Å². The van der Waals surface area contributed by atoms with Crippen LogP contribution in [0.3, 0.4) is 0 Å². The Kier molecular flexibility index (Phi) is 6.01. The Balaban J connectivity index is 2.38. The molecule has 0 amide bonds. The van der Waals surface area contributed by atoms with Gasteiger partial charge in [-0.25, -0.2) is 0 Å². The van der Waals surface area contributed by atoms with Gasteiger partial charge in [0.2, 0.25) is 0 Å². The second-order valence-electron chi connectivity index (χ2n) is 5.85. The molecule has 1 aromatic rings. The number of rotatable bonds is 7. The summed E-state index contributed by atoms with van der Waals surface area (Å²) in [6, 6.07) is 9.66. The summed E-state index contributed by atoms with van der Waals surface area (Å²) in [6.07, 6.45) is 1.83. The van der Waals surface area contributed by atoms with E-state index in [0.29, 0.717) is 24.6 Å². The highest BCUT2D eigenvalue weighted by Gasteiger charge is 2.19. The van der Waals surface area contributed by atoms with Crippen LogP contribution in [0.5, 0.6) is 0 Å². The molecule has 0 saturated heterocycles. The first kappa shape index (κ1) is 15.7. The van der Waals surface area contributed by atoms with Crippen molar-refractivity contribution in [1.82, 2.24) is 5.32 Å². The van der Waals surface area contributed by atoms with Gasteiger partial charge in [0, 0.05) is 13.1 Å². The van der Waals surface area contributed by atoms with Gasteiger partial charge in [0.05, 0.1) is 17.2 Å². The highest BCUT2D eigenvalue weighted by Crippen LogP contribution is 2.15. The van der Waals surface area contributed by atoms with E-state index in [1.807, 2.05) is 25.1 Å². The molecule has 0 aliphatic rings. The van der Waals surface area contributed by atoms with Crippen molar-refractivity contribution in [1.29, 1.82) is 5.26 Å². The van der Waals surface area contributed by atoms with E-state index >= 15 is 0 Å². The number of nitriles is 1. The molecule has 104 valence electrons. The van der Waals surface area contributed by atoms with Gasteiger partial charge in [-0.15, -0.1) is 0 Å². The third kappa shape index (κ3) is 6.37. The molecule has 1 atom stereocenters. The average Bonchev–Trinajstić information content (AvgIpc) is 2.37. The minimum absolute atomic E-state index is 0.566. The summed E-state index contributed by atoms with van der Waals surface area (Å²) in [7, 11) is 0. The van der Waals surface area contributed by atoms with Crippen molar-refractivity contribution in [2.24, 2.45) is 5.92 Å². The maximum atomic E-state index is 10.2. The summed E-state index contributed by atoms with van der Waals surface area (Å²) in [5.41, 5.74) is 1.07. The quantitative estimate of drug-likeness (QED) is 0.792. The summed E-state index contributed by atoms with van der Waals surface area (Å²) in [4.78, 5) is 0. The van der Waals surface area contributed by atoms with Crippen LogP contribution < -0.4 is 5.32 Å². The molecule has 0 aliphatic carbocycles. The Bertz CT molecular complexity index is 433. The van der Waals surface area contributed by atoms with Gasteiger partial charge >= 0.3 is 0 Å². The number of nitrogens with zero attached hydrogens (tertiary/aromatic N) is 1. The van der Waals surface area contributed by atoms with Crippen molar-refractivity contribution in [2.75, 3.05) is 6.54 Å². The smallest absolute Gasteiger partial charge is 0.0991 e. The standard InChI is InChI=1S/C16H24N2O/c1-13(2)7-8-16(3,19)12-18-11-15-6-4-5-14(9-15)10-17/h4-6,9,13,18-19H,7-8,11-12H2,1-3H3. The molecule has 3 heteroatoms. The van der Waals surface area contributed by atoms with Crippen LogP contribution >= 0.6 is 0 Å². The second-order valence-corrected chi connectivity index (χ2v) is 5.85. The number of nitrogens with one attached hydrogen (secondary N) is 1. The normalized spacial score (nSPS) is 14.1. The summed E-state index contributed by atoms with van der Waals surface area (Å²) in [5.74, 6) is 0.610. The molecule has 19 heavy (non-hydrogen) atoms. The van der Waals surface area contributed by atoms with E-state index in [9.17, 15) is 5.11 Å². The molecule has 0 aromatic heterocycles. The van der Waals surface area contributed by atoms with E-state index in [1.165, 1.54) is 0 Å². The number of aliphatic hydroxyl groups is 1. The van der Waals surface area contributed by atoms with Crippen molar-refractivity contribution >= 4 is 0 Å². The lowest BCUT2D eigenvalue weighted by Crippen LogP contribution is -2.37. The Morgan fingerprint density at radius 3 is 2.79 bits per heavy atom. The van der Waals surface area contributed by atoms with Crippen LogP contribution in [0, 0.1) is 17.2 Å². The SMILES string of the molecule is CC(C)CCC(C)(O)CNCc1cccc(C#N)c1. The fourth-order valence-corrected chi connectivity index (χ4v) is 1.91. The van der Waals surface area contributed by atoms with Crippen LogP contribution in [-0.4, -0.2) is 17.3 Å². The van der Waals surface area contributed by atoms with Crippen LogP contribution in [-0.2, 0) is 6.54 Å². The molecule has 1 rings (SSSR count). The van der Waals surface area contributed by atoms with E-state index < -0.39 is 5.60 Å². The van der Waals surface area contributed by atoms with Crippen LogP contribution in [0.1, 0.15) is 44.7 Å². The Hall–Kier alpha value is -1.37. The van der Waals surface area contributed by atoms with Crippen LogP contribution in [0.2, 0.25) is 0 Å². The third-order valence-electron chi connectivity index (χ3n) is 3.15. The molecular weight excluding hydrogens is 236 g/mol. The van der Waals surface area contributed by atoms with Crippen LogP contribution in [0.4, 0.5) is 0 Å². The molecule has 0 saturated carbocycles. The molecule has 3 nitrogen and oxygen atoms in total. The first-order chi connectivity index (χ1) is 8.93. The monoisotopic (exact) mass is 260 g/mol. The molecule has 0 heterocycles. The summed E-state index contributed by atoms with van der Waals surface area (Å²) in [6.45, 7) is 7.44. The fourth-order valence-electron chi connectivity index (χ4n) is 1.91. The predicted molar refractivity (Wildman–Crippen MR) is 77.6 cm³/mol. The van der Waals surface area contributed by atoms with Gasteiger partial charge in [-0.3, -0.25) is 0 Å². The van der Waals surface area contributed by atoms with Gasteiger partial charge in [0.25, 0.3) is 0 Å². The lowest BCUT2D eigenvalue weighted by atomic mass is 9.95. The van der Waals surface area contributed by atoms with Gasteiger partial charge in [-0.05, 0) is 43.4 Å². The van der Waals surface area contributed by atoms with E-state index in [0.717, 1.165) is 18.4 Å². The lowest BCUT2D eigenvalue weighted by Gasteiger charge is -2.24. The number of benzene rings is 1. The topological polar surface area (TPSA) is 56.0 Å². The molecule has 0 radical (unpaired) electrons. The molecule has 1 aromatic carbocycles. The fraction of sp³-hybridized carbons (Fsp3) is 0.562. The van der Waals surface area contributed by atoms with Gasteiger partial charge in [0.15, 0.2) is 0 Å². The first-order valence-electron chi connectivity index (χ1n) is 6.85. The van der Waals surface area contributed by atoms with Crippen molar-refractivity contribution in [2.45, 2.75) is 45.8 Å². The van der Waals surface area contributed by atoms with Gasteiger partial charge < -0.3 is 10.4 Å². The zero-order valence-corrected chi connectivity index (χ0v) is 12.1. The minimum Gasteiger partial charge on any atom is -0.389 e. The molecule has 2 N–H and O–H groups in total. The Morgan fingerprint density at radius 2 is 2.16 bits per heavy atom. The van der Waals surface area contributed by atoms with E-state index in [1.54, 1.807) is 6.07 Å². The summed E-state index contributed by atoms with van der Waals surface area (Å²) in [5, 5.41) is 22.3. The third-order valence-corrected chi connectivity index (χ3v) is 3.15. The maximum absolute atomic E-state index is 10.2. The van der Waals surface area contributed by atoms with Crippen LogP contribution in [0.15, 0.2) is 24.3 Å². The minimum atomic E-state index is -0.670. The zero-order chi connectivity index (χ0) is 14.3. The van der Waals surface area contributed by atoms with Crippen molar-refractivity contribution in [3.63, 3.8) is 0 Å². The summed E-state index contributed by atoms with van der Waals surface area (Å²) >= 11 is 0. The number of hydrogen-bond donors (Lipinski definition) is 2. The van der Waals surface area contributed by atoms with Gasteiger partial charge in [-0.2, -0.15) is 5.26 Å². The van der Waals surface area contributed by atoms with Gasteiger partial charge in [0.1, 0.15) is 0 Å². The van der Waals surface area contributed by atoms with E-state index in [-0.39, 0.29) is 0 Å². The second kappa shape index (κ2) is 7.28. The molecular formula is C16H24N2O. The molecule has 1 unspecified atom stereocenters. The van der Waals surface area contributed by atoms with Crippen molar-refractivity contribution in [3.8, 4) is 6.07 Å². The zero-order valence-electron chi connectivity index (χ0n) is 12.1. The van der Waals surface area contributed by atoms with Crippen LogP contribution in [0.25, 0.3) is 0 Å². The predicted octanol–water partition coefficient (Wildman–Crippen LogP) is 2.84. The van der Waals surface area contributed by atoms with Crippen molar-refractivity contribution < 1.29 is 5.11 Å². The first-order valence-corrected chi connectivity index (χ1v) is 6.85. The Labute approximate surface area is 116 Å². The van der Waals surface area contributed by atoms with E-state index in [2.05, 4.69) is 25.2 Å². The molecule has 0 fully saturated rings. The summed E-state index contributed by atoms with van der Waals surface area (Å²) < 4.78 is 0. The molecule has 0 aliphatic heterocycles. The highest BCUT2D eigenvalue weighted by molar-refractivity contribution is 5.32. The van der Waals surface area contributed by atoms with E-state index in [4.69, 9.17) is 5.26 Å².